The molecule has 1 heteroatoms. The largest absolute Gasteiger partial charge is 0.197 e. The lowest BCUT2D eigenvalue weighted by Gasteiger charge is -2.28. The number of hydrogen-bond acceptors (Lipinski definition) is 1. The lowest BCUT2D eigenvalue weighted by atomic mass is 9.71. The number of nitriles is 1. The van der Waals surface area contributed by atoms with Gasteiger partial charge in [0.05, 0.1) is 6.07 Å². The topological polar surface area (TPSA) is 23.8 Å². The molecule has 2 rings (SSSR count). The van der Waals surface area contributed by atoms with E-state index in [0.717, 1.165) is 16.7 Å². The summed E-state index contributed by atoms with van der Waals surface area (Å²) in [5, 5.41) is 9.74. The summed E-state index contributed by atoms with van der Waals surface area (Å²) in [5.41, 5.74) is 2.00. The van der Waals surface area contributed by atoms with Crippen molar-refractivity contribution in [2.24, 2.45) is 0 Å². The fourth-order valence-corrected chi connectivity index (χ4v) is 2.26. The Bertz CT molecular complexity index is 537. The van der Waals surface area contributed by atoms with Crippen LogP contribution in [0.3, 0.4) is 0 Å². The maximum atomic E-state index is 9.74. The zero-order chi connectivity index (χ0) is 13.0. The molecule has 2 aromatic carbocycles. The molecule has 18 heavy (non-hydrogen) atoms. The number of benzene rings is 2. The normalized spacial score (nSPS) is 10.7. The lowest BCUT2D eigenvalue weighted by molar-refractivity contribution is 0.776. The SMILES string of the molecule is C=C(C)C(C#N)(c1ccccc1)c1ccccc1. The van der Waals surface area contributed by atoms with Crippen molar-refractivity contribution in [3.05, 3.63) is 83.9 Å². The van der Waals surface area contributed by atoms with Gasteiger partial charge in [-0.25, -0.2) is 0 Å². The average molecular weight is 233 g/mol. The van der Waals surface area contributed by atoms with Gasteiger partial charge in [-0.15, -0.1) is 0 Å². The van der Waals surface area contributed by atoms with Gasteiger partial charge in [-0.3, -0.25) is 0 Å². The second kappa shape index (κ2) is 4.89. The van der Waals surface area contributed by atoms with Crippen molar-refractivity contribution in [1.82, 2.24) is 0 Å². The second-order valence-electron chi connectivity index (χ2n) is 4.37. The van der Waals surface area contributed by atoms with Crippen LogP contribution in [0.5, 0.6) is 0 Å². The highest BCUT2D eigenvalue weighted by atomic mass is 14.4. The highest BCUT2D eigenvalue weighted by molar-refractivity contribution is 5.53. The quantitative estimate of drug-likeness (QED) is 0.733. The minimum atomic E-state index is -0.761. The maximum absolute atomic E-state index is 9.74. The van der Waals surface area contributed by atoms with Crippen LogP contribution in [0, 0.1) is 11.3 Å². The van der Waals surface area contributed by atoms with Crippen LogP contribution in [0.25, 0.3) is 0 Å². The van der Waals surface area contributed by atoms with Crippen LogP contribution in [0.2, 0.25) is 0 Å². The number of hydrogen-bond donors (Lipinski definition) is 0. The molecule has 0 saturated carbocycles. The summed E-state index contributed by atoms with van der Waals surface area (Å²) in [6.07, 6.45) is 0. The van der Waals surface area contributed by atoms with Crippen LogP contribution in [0.15, 0.2) is 72.8 Å². The summed E-state index contributed by atoms with van der Waals surface area (Å²) in [6, 6.07) is 22.1. The van der Waals surface area contributed by atoms with Crippen LogP contribution >= 0.6 is 0 Å². The van der Waals surface area contributed by atoms with Gasteiger partial charge >= 0.3 is 0 Å². The Morgan fingerprint density at radius 3 is 1.61 bits per heavy atom. The van der Waals surface area contributed by atoms with Gasteiger partial charge in [-0.05, 0) is 18.1 Å². The zero-order valence-electron chi connectivity index (χ0n) is 10.4. The van der Waals surface area contributed by atoms with Gasteiger partial charge in [0.2, 0.25) is 0 Å². The van der Waals surface area contributed by atoms with Crippen LogP contribution in [0.4, 0.5) is 0 Å². The van der Waals surface area contributed by atoms with Gasteiger partial charge < -0.3 is 0 Å². The van der Waals surface area contributed by atoms with Crippen molar-refractivity contribution >= 4 is 0 Å². The molecular weight excluding hydrogens is 218 g/mol. The predicted molar refractivity (Wildman–Crippen MR) is 74.1 cm³/mol. The van der Waals surface area contributed by atoms with E-state index < -0.39 is 5.41 Å². The zero-order valence-corrected chi connectivity index (χ0v) is 10.4. The standard InChI is InChI=1S/C17H15N/c1-14(2)17(13-18,15-9-5-3-6-10-15)16-11-7-4-8-12-16/h3-12H,1H2,2H3. The highest BCUT2D eigenvalue weighted by Crippen LogP contribution is 2.37. The summed E-state index contributed by atoms with van der Waals surface area (Å²) < 4.78 is 0. The lowest BCUT2D eigenvalue weighted by Crippen LogP contribution is -2.26. The summed E-state index contributed by atoms with van der Waals surface area (Å²) in [6.45, 7) is 5.93. The van der Waals surface area contributed by atoms with Crippen molar-refractivity contribution in [2.75, 3.05) is 0 Å². The van der Waals surface area contributed by atoms with E-state index in [1.807, 2.05) is 67.6 Å². The summed E-state index contributed by atoms with van der Waals surface area (Å²) in [4.78, 5) is 0. The van der Waals surface area contributed by atoms with Crippen LogP contribution in [-0.2, 0) is 5.41 Å². The Morgan fingerprint density at radius 2 is 1.33 bits per heavy atom. The Hall–Kier alpha value is -2.33. The van der Waals surface area contributed by atoms with E-state index in [-0.39, 0.29) is 0 Å². The van der Waals surface area contributed by atoms with Crippen LogP contribution < -0.4 is 0 Å². The second-order valence-corrected chi connectivity index (χ2v) is 4.37. The number of nitrogens with zero attached hydrogens (tertiary/aromatic N) is 1. The molecule has 0 aromatic heterocycles. The number of rotatable bonds is 3. The first-order chi connectivity index (χ1) is 8.71. The van der Waals surface area contributed by atoms with Crippen molar-refractivity contribution in [3.8, 4) is 6.07 Å². The van der Waals surface area contributed by atoms with Gasteiger partial charge in [0, 0.05) is 0 Å². The summed E-state index contributed by atoms with van der Waals surface area (Å²) in [7, 11) is 0. The molecule has 0 radical (unpaired) electrons. The first-order valence-electron chi connectivity index (χ1n) is 5.90. The van der Waals surface area contributed by atoms with E-state index in [1.165, 1.54) is 0 Å². The van der Waals surface area contributed by atoms with Gasteiger partial charge in [-0.1, -0.05) is 72.8 Å². The third-order valence-electron chi connectivity index (χ3n) is 3.22. The Labute approximate surface area is 108 Å². The molecular formula is C17H15N. The maximum Gasteiger partial charge on any atom is 0.128 e. The van der Waals surface area contributed by atoms with E-state index in [4.69, 9.17) is 0 Å². The van der Waals surface area contributed by atoms with E-state index in [9.17, 15) is 5.26 Å². The molecule has 0 aliphatic rings. The monoisotopic (exact) mass is 233 g/mol. The molecule has 88 valence electrons. The average Bonchev–Trinajstić information content (AvgIpc) is 2.42. The molecule has 0 bridgehead atoms. The minimum Gasteiger partial charge on any atom is -0.197 e. The molecule has 2 aromatic rings. The van der Waals surface area contributed by atoms with Crippen molar-refractivity contribution in [2.45, 2.75) is 12.3 Å². The molecule has 0 amide bonds. The Balaban J connectivity index is 2.71. The summed E-state index contributed by atoms with van der Waals surface area (Å²) in [5.74, 6) is 0. The van der Waals surface area contributed by atoms with E-state index in [2.05, 4.69) is 12.6 Å². The number of allylic oxidation sites excluding steroid dienone is 1. The first-order valence-corrected chi connectivity index (χ1v) is 5.90. The molecule has 0 spiro atoms. The molecule has 0 N–H and O–H groups in total. The molecule has 0 aliphatic heterocycles. The molecule has 0 aliphatic carbocycles. The van der Waals surface area contributed by atoms with Crippen LogP contribution in [-0.4, -0.2) is 0 Å². The third kappa shape index (κ3) is 1.83. The van der Waals surface area contributed by atoms with Gasteiger partial charge in [0.15, 0.2) is 0 Å². The fourth-order valence-electron chi connectivity index (χ4n) is 2.26. The van der Waals surface area contributed by atoms with Gasteiger partial charge in [0.25, 0.3) is 0 Å². The van der Waals surface area contributed by atoms with E-state index in [0.29, 0.717) is 0 Å². The molecule has 0 fully saturated rings. The van der Waals surface area contributed by atoms with Crippen LogP contribution in [0.1, 0.15) is 18.1 Å². The first kappa shape index (κ1) is 12.1. The van der Waals surface area contributed by atoms with Crippen molar-refractivity contribution in [3.63, 3.8) is 0 Å². The smallest absolute Gasteiger partial charge is 0.128 e. The molecule has 1 nitrogen and oxygen atoms in total. The van der Waals surface area contributed by atoms with E-state index >= 15 is 0 Å². The van der Waals surface area contributed by atoms with Gasteiger partial charge in [0.1, 0.15) is 5.41 Å². The molecule has 0 atom stereocenters. The predicted octanol–water partition coefficient (Wildman–Crippen LogP) is 4.07. The molecule has 0 unspecified atom stereocenters. The molecule has 0 saturated heterocycles. The Morgan fingerprint density at radius 1 is 0.944 bits per heavy atom. The Kier molecular flexibility index (Phi) is 3.30. The fraction of sp³-hybridized carbons (Fsp3) is 0.118. The van der Waals surface area contributed by atoms with E-state index in [1.54, 1.807) is 0 Å². The molecule has 0 heterocycles. The van der Waals surface area contributed by atoms with Gasteiger partial charge in [-0.2, -0.15) is 5.26 Å². The third-order valence-corrected chi connectivity index (χ3v) is 3.22. The summed E-state index contributed by atoms with van der Waals surface area (Å²) >= 11 is 0. The van der Waals surface area contributed by atoms with Crippen molar-refractivity contribution in [1.29, 1.82) is 5.26 Å². The minimum absolute atomic E-state index is 0.761. The highest BCUT2D eigenvalue weighted by Gasteiger charge is 2.35. The van der Waals surface area contributed by atoms with Crippen molar-refractivity contribution < 1.29 is 0 Å².